The third-order valence-corrected chi connectivity index (χ3v) is 4.85. The van der Waals surface area contributed by atoms with Gasteiger partial charge < -0.3 is 0 Å². The van der Waals surface area contributed by atoms with Crippen molar-refractivity contribution in [1.29, 1.82) is 5.26 Å². The van der Waals surface area contributed by atoms with E-state index >= 15 is 0 Å². The van der Waals surface area contributed by atoms with Gasteiger partial charge in [-0.2, -0.15) is 5.26 Å². The lowest BCUT2D eigenvalue weighted by Gasteiger charge is -2.19. The minimum absolute atomic E-state index is 0.00519. The number of unbranched alkanes of at least 4 members (excludes halogenated alkanes) is 2. The summed E-state index contributed by atoms with van der Waals surface area (Å²) in [6, 6.07) is 7.45. The molecular formula is C22H20F3N. The van der Waals surface area contributed by atoms with Crippen molar-refractivity contribution in [2.75, 3.05) is 0 Å². The number of halogens is 3. The highest BCUT2D eigenvalue weighted by atomic mass is 19.1. The molecule has 1 aliphatic carbocycles. The number of rotatable bonds is 5. The van der Waals surface area contributed by atoms with Gasteiger partial charge in [0.15, 0.2) is 0 Å². The fourth-order valence-corrected chi connectivity index (χ4v) is 3.46. The first-order valence-corrected chi connectivity index (χ1v) is 8.92. The lowest BCUT2D eigenvalue weighted by molar-refractivity contribution is 0.570. The van der Waals surface area contributed by atoms with Gasteiger partial charge in [0.1, 0.15) is 23.5 Å². The summed E-state index contributed by atoms with van der Waals surface area (Å²) in [7, 11) is 0. The number of fused-ring (bicyclic) bond motifs is 1. The average Bonchev–Trinajstić information content (AvgIpc) is 2.60. The first-order chi connectivity index (χ1) is 12.5. The second-order valence-electron chi connectivity index (χ2n) is 6.71. The van der Waals surface area contributed by atoms with Crippen LogP contribution < -0.4 is 0 Å². The van der Waals surface area contributed by atoms with Crippen molar-refractivity contribution in [3.8, 4) is 6.07 Å². The van der Waals surface area contributed by atoms with Crippen LogP contribution in [0.3, 0.4) is 0 Å². The van der Waals surface area contributed by atoms with Gasteiger partial charge >= 0.3 is 0 Å². The second kappa shape index (κ2) is 7.78. The number of hydrogen-bond acceptors (Lipinski definition) is 1. The lowest BCUT2D eigenvalue weighted by Crippen LogP contribution is -2.08. The molecule has 0 amide bonds. The van der Waals surface area contributed by atoms with Crippen molar-refractivity contribution in [3.05, 3.63) is 75.6 Å². The molecule has 0 aliphatic heterocycles. The summed E-state index contributed by atoms with van der Waals surface area (Å²) in [5.74, 6) is -1.74. The summed E-state index contributed by atoms with van der Waals surface area (Å²) in [4.78, 5) is 0. The zero-order valence-corrected chi connectivity index (χ0v) is 14.7. The molecule has 0 heterocycles. The molecule has 0 saturated heterocycles. The van der Waals surface area contributed by atoms with Crippen LogP contribution in [0.4, 0.5) is 13.2 Å². The molecule has 0 atom stereocenters. The molecule has 26 heavy (non-hydrogen) atoms. The Bertz CT molecular complexity index is 883. The number of hydrogen-bond donors (Lipinski definition) is 0. The highest BCUT2D eigenvalue weighted by Crippen LogP contribution is 2.32. The summed E-state index contributed by atoms with van der Waals surface area (Å²) in [5, 5.41) is 8.92. The maximum atomic E-state index is 14.6. The first-order valence-electron chi connectivity index (χ1n) is 8.92. The Kier molecular flexibility index (Phi) is 5.46. The van der Waals surface area contributed by atoms with E-state index in [4.69, 9.17) is 5.26 Å². The molecule has 0 saturated carbocycles. The van der Waals surface area contributed by atoms with Gasteiger partial charge in [0.05, 0.1) is 5.56 Å². The van der Waals surface area contributed by atoms with Crippen molar-refractivity contribution in [2.24, 2.45) is 0 Å². The third kappa shape index (κ3) is 3.67. The summed E-state index contributed by atoms with van der Waals surface area (Å²) < 4.78 is 43.0. The maximum absolute atomic E-state index is 14.6. The molecule has 0 aromatic heterocycles. The highest BCUT2D eigenvalue weighted by molar-refractivity contribution is 5.72. The Morgan fingerprint density at radius 1 is 0.962 bits per heavy atom. The molecule has 0 bridgehead atoms. The zero-order valence-electron chi connectivity index (χ0n) is 14.7. The average molecular weight is 355 g/mol. The van der Waals surface area contributed by atoms with Crippen LogP contribution in [0.1, 0.15) is 54.0 Å². The molecule has 134 valence electrons. The van der Waals surface area contributed by atoms with E-state index in [9.17, 15) is 13.2 Å². The second-order valence-corrected chi connectivity index (χ2v) is 6.71. The molecule has 0 radical (unpaired) electrons. The number of aryl methyl sites for hydroxylation is 1. The Morgan fingerprint density at radius 2 is 1.69 bits per heavy atom. The standard InChI is InChI=1S/C22H20F3N/c1-2-3-4-5-14-8-20(24)22(21(25)9-14)16-7-6-15-10-18(13-26)19(23)12-17(15)11-16/h7-10,12H,2-6,11H2,1H3. The first kappa shape index (κ1) is 18.3. The van der Waals surface area contributed by atoms with Gasteiger partial charge in [-0.15, -0.1) is 0 Å². The molecule has 0 spiro atoms. The predicted octanol–water partition coefficient (Wildman–Crippen LogP) is 5.89. The number of benzene rings is 2. The van der Waals surface area contributed by atoms with Gasteiger partial charge in [-0.1, -0.05) is 25.8 Å². The van der Waals surface area contributed by atoms with E-state index in [1.54, 1.807) is 6.08 Å². The van der Waals surface area contributed by atoms with E-state index in [2.05, 4.69) is 6.92 Å². The van der Waals surface area contributed by atoms with E-state index in [0.29, 0.717) is 29.5 Å². The van der Waals surface area contributed by atoms with Crippen molar-refractivity contribution in [2.45, 2.75) is 45.4 Å². The number of nitriles is 1. The minimum atomic E-state index is -0.597. The quantitative estimate of drug-likeness (QED) is 0.614. The molecule has 0 fully saturated rings. The Morgan fingerprint density at radius 3 is 2.35 bits per heavy atom. The van der Waals surface area contributed by atoms with Gasteiger partial charge in [0.2, 0.25) is 0 Å². The summed E-state index contributed by atoms with van der Waals surface area (Å²) in [6.45, 7) is 2.08. The monoisotopic (exact) mass is 355 g/mol. The van der Waals surface area contributed by atoms with E-state index in [0.717, 1.165) is 24.8 Å². The van der Waals surface area contributed by atoms with Gasteiger partial charge in [-0.05, 0) is 72.2 Å². The van der Waals surface area contributed by atoms with Crippen LogP contribution in [0.15, 0.2) is 30.3 Å². The topological polar surface area (TPSA) is 23.8 Å². The number of allylic oxidation sites excluding steroid dienone is 2. The predicted molar refractivity (Wildman–Crippen MR) is 96.1 cm³/mol. The van der Waals surface area contributed by atoms with E-state index < -0.39 is 17.5 Å². The molecular weight excluding hydrogens is 335 g/mol. The van der Waals surface area contributed by atoms with Crippen LogP contribution in [0, 0.1) is 28.8 Å². The molecule has 0 unspecified atom stereocenters. The Balaban J connectivity index is 1.88. The molecule has 2 aromatic rings. The van der Waals surface area contributed by atoms with Crippen molar-refractivity contribution in [1.82, 2.24) is 0 Å². The van der Waals surface area contributed by atoms with Crippen LogP contribution in [0.2, 0.25) is 0 Å². The summed E-state index contributed by atoms with van der Waals surface area (Å²) in [5.41, 5.74) is 2.65. The van der Waals surface area contributed by atoms with E-state index in [-0.39, 0.29) is 17.5 Å². The van der Waals surface area contributed by atoms with Crippen LogP contribution in [0.5, 0.6) is 0 Å². The molecule has 2 aromatic carbocycles. The van der Waals surface area contributed by atoms with Gasteiger partial charge in [-0.25, -0.2) is 13.2 Å². The molecule has 4 heteroatoms. The van der Waals surface area contributed by atoms with E-state index in [1.165, 1.54) is 24.3 Å². The highest BCUT2D eigenvalue weighted by Gasteiger charge is 2.21. The van der Waals surface area contributed by atoms with Crippen LogP contribution in [0.25, 0.3) is 5.57 Å². The lowest BCUT2D eigenvalue weighted by atomic mass is 9.86. The minimum Gasteiger partial charge on any atom is -0.206 e. The maximum Gasteiger partial charge on any atom is 0.141 e. The summed E-state index contributed by atoms with van der Waals surface area (Å²) >= 11 is 0. The van der Waals surface area contributed by atoms with Gasteiger partial charge in [0, 0.05) is 5.56 Å². The fourth-order valence-electron chi connectivity index (χ4n) is 3.46. The fraction of sp³-hybridized carbons (Fsp3) is 0.318. The van der Waals surface area contributed by atoms with Crippen molar-refractivity contribution >= 4 is 5.57 Å². The Labute approximate surface area is 151 Å². The van der Waals surface area contributed by atoms with Gasteiger partial charge in [0.25, 0.3) is 0 Å². The van der Waals surface area contributed by atoms with Crippen LogP contribution in [-0.4, -0.2) is 0 Å². The molecule has 1 nitrogen and oxygen atoms in total. The van der Waals surface area contributed by atoms with Crippen LogP contribution in [-0.2, 0) is 19.3 Å². The molecule has 3 rings (SSSR count). The third-order valence-electron chi connectivity index (χ3n) is 4.85. The zero-order chi connectivity index (χ0) is 18.7. The Hall–Kier alpha value is -2.54. The van der Waals surface area contributed by atoms with Crippen molar-refractivity contribution < 1.29 is 13.2 Å². The SMILES string of the molecule is CCCCCc1cc(F)c(C2=CCc3cc(C#N)c(F)cc3C2)c(F)c1. The summed E-state index contributed by atoms with van der Waals surface area (Å²) in [6.07, 6.45) is 6.09. The normalized spacial score (nSPS) is 13.1. The largest absolute Gasteiger partial charge is 0.206 e. The van der Waals surface area contributed by atoms with E-state index in [1.807, 2.05) is 6.07 Å². The van der Waals surface area contributed by atoms with Crippen LogP contribution >= 0.6 is 0 Å². The molecule has 1 aliphatic rings. The molecule has 0 N–H and O–H groups in total. The van der Waals surface area contributed by atoms with Gasteiger partial charge in [-0.3, -0.25) is 0 Å². The number of nitrogens with zero attached hydrogens (tertiary/aromatic N) is 1. The van der Waals surface area contributed by atoms with Crippen molar-refractivity contribution in [3.63, 3.8) is 0 Å². The smallest absolute Gasteiger partial charge is 0.141 e.